The van der Waals surface area contributed by atoms with Gasteiger partial charge in [0.15, 0.2) is 5.78 Å². The Kier molecular flexibility index (Phi) is 4.44. The van der Waals surface area contributed by atoms with Crippen molar-refractivity contribution >= 4 is 40.3 Å². The number of Topliss-reactive ketones (excluding diaryl/α,β-unsaturated/α-hetero) is 1. The molecule has 1 aliphatic rings. The van der Waals surface area contributed by atoms with Gasteiger partial charge < -0.3 is 9.73 Å². The van der Waals surface area contributed by atoms with Crippen LogP contribution in [0.15, 0.2) is 34.7 Å². The molecule has 0 radical (unpaired) electrons. The molecule has 1 aliphatic heterocycles. The minimum atomic E-state index is -1.23. The predicted octanol–water partition coefficient (Wildman–Crippen LogP) is 3.15. The van der Waals surface area contributed by atoms with E-state index in [9.17, 15) is 14.4 Å². The van der Waals surface area contributed by atoms with Crippen LogP contribution < -0.4 is 5.32 Å². The van der Waals surface area contributed by atoms with E-state index < -0.39 is 17.5 Å². The summed E-state index contributed by atoms with van der Waals surface area (Å²) in [7, 11) is 0. The van der Waals surface area contributed by atoms with E-state index in [4.69, 9.17) is 4.42 Å². The van der Waals surface area contributed by atoms with Gasteiger partial charge in [0.25, 0.3) is 5.91 Å². The maximum absolute atomic E-state index is 12.9. The zero-order chi connectivity index (χ0) is 18.4. The first kappa shape index (κ1) is 17.7. The highest BCUT2D eigenvalue weighted by molar-refractivity contribution is 14.1. The maximum atomic E-state index is 12.9. The molecule has 1 aromatic heterocycles. The smallest absolute Gasteiger partial charge is 0.325 e. The number of hydrogen-bond acceptors (Lipinski definition) is 4. The van der Waals surface area contributed by atoms with Gasteiger partial charge in [-0.2, -0.15) is 0 Å². The molecule has 0 bridgehead atoms. The SMILES string of the molecule is Cc1cc(C2(C)NC(=O)N(CC(=O)c3ccc(I)cc3)C2=O)c(C)o1. The number of rotatable bonds is 4. The molecule has 1 saturated heterocycles. The van der Waals surface area contributed by atoms with Crippen molar-refractivity contribution in [2.24, 2.45) is 0 Å². The van der Waals surface area contributed by atoms with Gasteiger partial charge in [0, 0.05) is 14.7 Å². The summed E-state index contributed by atoms with van der Waals surface area (Å²) in [4.78, 5) is 38.6. The average molecular weight is 452 g/mol. The number of imide groups is 1. The number of halogens is 1. The van der Waals surface area contributed by atoms with Crippen LogP contribution in [0, 0.1) is 17.4 Å². The van der Waals surface area contributed by atoms with E-state index in [1.807, 2.05) is 0 Å². The standard InChI is InChI=1S/C18H17IN2O4/c1-10-8-14(11(2)25-10)18(3)16(23)21(17(24)20-18)9-15(22)12-4-6-13(19)7-5-12/h4-8H,9H2,1-3H3,(H,20,24). The van der Waals surface area contributed by atoms with Crippen LogP contribution in [0.5, 0.6) is 0 Å². The van der Waals surface area contributed by atoms with Crippen LogP contribution >= 0.6 is 22.6 Å². The van der Waals surface area contributed by atoms with Gasteiger partial charge in [-0.3, -0.25) is 14.5 Å². The van der Waals surface area contributed by atoms with Gasteiger partial charge >= 0.3 is 6.03 Å². The summed E-state index contributed by atoms with van der Waals surface area (Å²) < 4.78 is 6.49. The second-order valence-corrected chi connectivity index (χ2v) is 7.45. The lowest BCUT2D eigenvalue weighted by molar-refractivity contribution is -0.130. The molecule has 3 rings (SSSR count). The number of urea groups is 1. The Balaban J connectivity index is 1.85. The molecule has 0 saturated carbocycles. The minimum Gasteiger partial charge on any atom is -0.466 e. The molecule has 1 aromatic carbocycles. The Bertz CT molecular complexity index is 872. The van der Waals surface area contributed by atoms with E-state index in [0.717, 1.165) is 8.47 Å². The predicted molar refractivity (Wildman–Crippen MR) is 99.3 cm³/mol. The number of carbonyl (C=O) groups is 3. The zero-order valence-electron chi connectivity index (χ0n) is 14.1. The zero-order valence-corrected chi connectivity index (χ0v) is 16.2. The second-order valence-electron chi connectivity index (χ2n) is 6.20. The van der Waals surface area contributed by atoms with Crippen LogP contribution in [0.1, 0.15) is 34.4 Å². The number of benzene rings is 1. The molecule has 7 heteroatoms. The summed E-state index contributed by atoms with van der Waals surface area (Å²) in [5.74, 6) is 0.480. The second kappa shape index (κ2) is 6.29. The van der Waals surface area contributed by atoms with Gasteiger partial charge in [-0.15, -0.1) is 0 Å². The van der Waals surface area contributed by atoms with Gasteiger partial charge in [0.1, 0.15) is 17.1 Å². The van der Waals surface area contributed by atoms with Crippen LogP contribution in [0.2, 0.25) is 0 Å². The molecular weight excluding hydrogens is 435 g/mol. The maximum Gasteiger partial charge on any atom is 0.325 e. The number of amides is 3. The molecule has 2 heterocycles. The Hall–Kier alpha value is -2.16. The lowest BCUT2D eigenvalue weighted by Crippen LogP contribution is -2.41. The van der Waals surface area contributed by atoms with Crippen molar-refractivity contribution < 1.29 is 18.8 Å². The minimum absolute atomic E-state index is 0.288. The first-order valence-corrected chi connectivity index (χ1v) is 8.80. The third kappa shape index (κ3) is 3.08. The molecule has 1 atom stereocenters. The number of furan rings is 1. The Morgan fingerprint density at radius 2 is 1.88 bits per heavy atom. The highest BCUT2D eigenvalue weighted by Crippen LogP contribution is 2.32. The van der Waals surface area contributed by atoms with E-state index in [0.29, 0.717) is 22.6 Å². The molecule has 1 unspecified atom stereocenters. The van der Waals surface area contributed by atoms with Gasteiger partial charge in [-0.25, -0.2) is 4.79 Å². The topological polar surface area (TPSA) is 79.6 Å². The lowest BCUT2D eigenvalue weighted by Gasteiger charge is -2.21. The third-order valence-electron chi connectivity index (χ3n) is 4.32. The monoisotopic (exact) mass is 452 g/mol. The molecule has 2 aromatic rings. The molecule has 3 amide bonds. The Morgan fingerprint density at radius 3 is 2.44 bits per heavy atom. The molecule has 1 N–H and O–H groups in total. The van der Waals surface area contributed by atoms with Gasteiger partial charge in [0.05, 0.1) is 6.54 Å². The third-order valence-corrected chi connectivity index (χ3v) is 5.04. The van der Waals surface area contributed by atoms with Crippen LogP contribution in [0.25, 0.3) is 0 Å². The number of carbonyl (C=O) groups excluding carboxylic acids is 3. The summed E-state index contributed by atoms with van der Waals surface area (Å²) in [6.45, 7) is 4.85. The molecule has 25 heavy (non-hydrogen) atoms. The van der Waals surface area contributed by atoms with Crippen LogP contribution in [0.4, 0.5) is 4.79 Å². The molecule has 0 spiro atoms. The highest BCUT2D eigenvalue weighted by Gasteiger charge is 2.51. The quantitative estimate of drug-likeness (QED) is 0.439. The number of hydrogen-bond donors (Lipinski definition) is 1. The fourth-order valence-electron chi connectivity index (χ4n) is 3.02. The van der Waals surface area contributed by atoms with Crippen molar-refractivity contribution in [3.63, 3.8) is 0 Å². The van der Waals surface area contributed by atoms with Gasteiger partial charge in [0.2, 0.25) is 0 Å². The van der Waals surface area contributed by atoms with Crippen molar-refractivity contribution in [3.8, 4) is 0 Å². The number of nitrogens with one attached hydrogen (secondary N) is 1. The first-order valence-electron chi connectivity index (χ1n) is 7.73. The number of aryl methyl sites for hydroxylation is 2. The van der Waals surface area contributed by atoms with Crippen LogP contribution in [0.3, 0.4) is 0 Å². The molecule has 130 valence electrons. The normalized spacial score (nSPS) is 20.1. The van der Waals surface area contributed by atoms with Crippen molar-refractivity contribution in [1.82, 2.24) is 10.2 Å². The molecular formula is C18H17IN2O4. The van der Waals surface area contributed by atoms with Crippen LogP contribution in [-0.4, -0.2) is 29.2 Å². The Morgan fingerprint density at radius 1 is 1.24 bits per heavy atom. The van der Waals surface area contributed by atoms with Crippen LogP contribution in [-0.2, 0) is 10.3 Å². The van der Waals surface area contributed by atoms with E-state index in [2.05, 4.69) is 27.9 Å². The largest absolute Gasteiger partial charge is 0.466 e. The number of ketones is 1. The van der Waals surface area contributed by atoms with Gasteiger partial charge in [-0.1, -0.05) is 12.1 Å². The fourth-order valence-corrected chi connectivity index (χ4v) is 3.38. The summed E-state index contributed by atoms with van der Waals surface area (Å²) in [5.41, 5.74) is -0.164. The molecule has 0 aliphatic carbocycles. The van der Waals surface area contributed by atoms with E-state index in [1.54, 1.807) is 51.1 Å². The fraction of sp³-hybridized carbons (Fsp3) is 0.278. The highest BCUT2D eigenvalue weighted by atomic mass is 127. The van der Waals surface area contributed by atoms with Crippen molar-refractivity contribution in [1.29, 1.82) is 0 Å². The Labute approximate surface area is 158 Å². The molecule has 1 fully saturated rings. The average Bonchev–Trinajstić information content (AvgIpc) is 3.00. The summed E-state index contributed by atoms with van der Waals surface area (Å²) >= 11 is 2.14. The van der Waals surface area contributed by atoms with Crippen molar-refractivity contribution in [2.45, 2.75) is 26.3 Å². The van der Waals surface area contributed by atoms with E-state index in [1.165, 1.54) is 0 Å². The molecule has 6 nitrogen and oxygen atoms in total. The lowest BCUT2D eigenvalue weighted by atomic mass is 9.92. The van der Waals surface area contributed by atoms with Gasteiger partial charge in [-0.05, 0) is 61.6 Å². The van der Waals surface area contributed by atoms with Crippen molar-refractivity contribution in [3.05, 3.63) is 56.5 Å². The van der Waals surface area contributed by atoms with E-state index >= 15 is 0 Å². The number of nitrogens with zero attached hydrogens (tertiary/aromatic N) is 1. The first-order chi connectivity index (χ1) is 11.7. The van der Waals surface area contributed by atoms with Crippen molar-refractivity contribution in [2.75, 3.05) is 6.54 Å². The summed E-state index contributed by atoms with van der Waals surface area (Å²) in [6.07, 6.45) is 0. The summed E-state index contributed by atoms with van der Waals surface area (Å²) in [6, 6.07) is 8.14. The van der Waals surface area contributed by atoms with E-state index in [-0.39, 0.29) is 12.3 Å². The summed E-state index contributed by atoms with van der Waals surface area (Å²) in [5, 5.41) is 2.69.